The van der Waals surface area contributed by atoms with Crippen molar-refractivity contribution in [1.29, 1.82) is 0 Å². The van der Waals surface area contributed by atoms with Gasteiger partial charge in [-0.15, -0.1) is 0 Å². The fourth-order valence-electron chi connectivity index (χ4n) is 2.96. The number of hydrogen-bond acceptors (Lipinski definition) is 5. The summed E-state index contributed by atoms with van der Waals surface area (Å²) in [7, 11) is 0. The summed E-state index contributed by atoms with van der Waals surface area (Å²) in [4.78, 5) is 23.7. The molecule has 1 aliphatic rings. The van der Waals surface area contributed by atoms with E-state index in [0.717, 1.165) is 5.69 Å². The van der Waals surface area contributed by atoms with E-state index >= 15 is 0 Å². The summed E-state index contributed by atoms with van der Waals surface area (Å²) in [5.41, 5.74) is 0.957. The van der Waals surface area contributed by atoms with Crippen molar-refractivity contribution in [3.05, 3.63) is 60.2 Å². The van der Waals surface area contributed by atoms with Gasteiger partial charge in [-0.1, -0.05) is 36.4 Å². The SMILES string of the molecule is CC1(C)CN(c2ccccc2)N(Cc2ccccc2OC(=O)[O-])C1=O. The third-order valence-electron chi connectivity index (χ3n) is 4.19. The second kappa shape index (κ2) is 6.47. The van der Waals surface area contributed by atoms with Gasteiger partial charge >= 0.3 is 0 Å². The molecule has 0 unspecified atom stereocenters. The van der Waals surface area contributed by atoms with Crippen LogP contribution in [0.1, 0.15) is 19.4 Å². The van der Waals surface area contributed by atoms with Crippen LogP contribution in [0.4, 0.5) is 10.5 Å². The Kier molecular flexibility index (Phi) is 4.35. The van der Waals surface area contributed by atoms with E-state index in [1.807, 2.05) is 49.2 Å². The van der Waals surface area contributed by atoms with Gasteiger partial charge in [0.1, 0.15) is 0 Å². The van der Waals surface area contributed by atoms with Crippen LogP contribution in [0.15, 0.2) is 54.6 Å². The van der Waals surface area contributed by atoms with E-state index in [9.17, 15) is 14.7 Å². The van der Waals surface area contributed by atoms with Crippen LogP contribution in [-0.4, -0.2) is 23.6 Å². The first-order chi connectivity index (χ1) is 11.9. The van der Waals surface area contributed by atoms with Crippen LogP contribution in [0.3, 0.4) is 0 Å². The molecule has 130 valence electrons. The maximum absolute atomic E-state index is 12.9. The number of carbonyl (C=O) groups is 2. The summed E-state index contributed by atoms with van der Waals surface area (Å²) in [6, 6.07) is 16.3. The molecule has 0 bridgehead atoms. The van der Waals surface area contributed by atoms with Gasteiger partial charge < -0.3 is 14.6 Å². The number of carboxylic acid groups (broad SMARTS) is 1. The fraction of sp³-hybridized carbons (Fsp3) is 0.263. The Morgan fingerprint density at radius 1 is 1.12 bits per heavy atom. The Labute approximate surface area is 146 Å². The van der Waals surface area contributed by atoms with E-state index in [2.05, 4.69) is 0 Å². The molecule has 1 aliphatic heterocycles. The van der Waals surface area contributed by atoms with Crippen molar-refractivity contribution in [3.8, 4) is 5.75 Å². The van der Waals surface area contributed by atoms with Crippen molar-refractivity contribution in [2.75, 3.05) is 11.6 Å². The fourth-order valence-corrected chi connectivity index (χ4v) is 2.96. The minimum absolute atomic E-state index is 0.0281. The molecule has 2 aromatic carbocycles. The molecule has 1 saturated heterocycles. The molecule has 25 heavy (non-hydrogen) atoms. The van der Waals surface area contributed by atoms with E-state index < -0.39 is 11.6 Å². The van der Waals surface area contributed by atoms with Crippen LogP contribution >= 0.6 is 0 Å². The molecule has 0 atom stereocenters. The normalized spacial score (nSPS) is 16.2. The van der Waals surface area contributed by atoms with Crippen LogP contribution < -0.4 is 14.9 Å². The predicted octanol–water partition coefficient (Wildman–Crippen LogP) is 2.20. The van der Waals surface area contributed by atoms with Gasteiger partial charge in [-0.05, 0) is 37.6 Å². The summed E-state index contributed by atoms with van der Waals surface area (Å²) in [6.45, 7) is 4.55. The number of benzene rings is 2. The highest BCUT2D eigenvalue weighted by Crippen LogP contribution is 2.35. The highest BCUT2D eigenvalue weighted by Gasteiger charge is 2.44. The standard InChI is InChI=1S/C19H20N2O4/c1-19(2)13-21(15-9-4-3-5-10-15)20(17(19)22)12-14-8-6-7-11-16(14)25-18(23)24/h3-11H,12-13H2,1-2H3,(H,23,24)/p-1. The first-order valence-electron chi connectivity index (χ1n) is 8.00. The lowest BCUT2D eigenvalue weighted by Gasteiger charge is -2.30. The quantitative estimate of drug-likeness (QED) is 0.631. The van der Waals surface area contributed by atoms with Gasteiger partial charge in [0.2, 0.25) is 5.91 Å². The van der Waals surface area contributed by atoms with Crippen molar-refractivity contribution in [3.63, 3.8) is 0 Å². The zero-order chi connectivity index (χ0) is 18.0. The van der Waals surface area contributed by atoms with Crippen molar-refractivity contribution < 1.29 is 19.4 Å². The monoisotopic (exact) mass is 339 g/mol. The maximum Gasteiger partial charge on any atom is 0.257 e. The third-order valence-corrected chi connectivity index (χ3v) is 4.19. The topological polar surface area (TPSA) is 72.9 Å². The molecule has 0 aliphatic carbocycles. The molecule has 0 N–H and O–H groups in total. The molecule has 6 nitrogen and oxygen atoms in total. The molecule has 0 aromatic heterocycles. The number of para-hydroxylation sites is 2. The predicted molar refractivity (Wildman–Crippen MR) is 90.6 cm³/mol. The van der Waals surface area contributed by atoms with E-state index in [4.69, 9.17) is 4.74 Å². The van der Waals surface area contributed by atoms with Crippen LogP contribution in [0.2, 0.25) is 0 Å². The van der Waals surface area contributed by atoms with E-state index in [0.29, 0.717) is 12.1 Å². The highest BCUT2D eigenvalue weighted by atomic mass is 16.7. The van der Waals surface area contributed by atoms with Gasteiger partial charge in [0.15, 0.2) is 0 Å². The van der Waals surface area contributed by atoms with Crippen molar-refractivity contribution in [1.82, 2.24) is 5.01 Å². The van der Waals surface area contributed by atoms with Gasteiger partial charge in [0, 0.05) is 0 Å². The lowest BCUT2D eigenvalue weighted by Crippen LogP contribution is -2.39. The molecular formula is C19H19N2O4-. The van der Waals surface area contributed by atoms with Gasteiger partial charge in [0.05, 0.1) is 29.9 Å². The van der Waals surface area contributed by atoms with Crippen molar-refractivity contribution in [2.24, 2.45) is 5.41 Å². The van der Waals surface area contributed by atoms with Gasteiger partial charge in [-0.3, -0.25) is 9.80 Å². The largest absolute Gasteiger partial charge is 0.514 e. The van der Waals surface area contributed by atoms with Gasteiger partial charge in [-0.2, -0.15) is 0 Å². The second-order valence-electron chi connectivity index (χ2n) is 6.60. The number of carbonyl (C=O) groups excluding carboxylic acids is 2. The minimum atomic E-state index is -1.62. The third kappa shape index (κ3) is 3.42. The summed E-state index contributed by atoms with van der Waals surface area (Å²) >= 11 is 0. The number of hydrazine groups is 1. The average Bonchev–Trinajstić information content (AvgIpc) is 2.80. The smallest absolute Gasteiger partial charge is 0.257 e. The zero-order valence-corrected chi connectivity index (χ0v) is 14.1. The summed E-state index contributed by atoms with van der Waals surface area (Å²) in [5.74, 6) is 0.146. The van der Waals surface area contributed by atoms with E-state index in [1.165, 1.54) is 0 Å². The lowest BCUT2D eigenvalue weighted by molar-refractivity contribution is -0.271. The molecule has 1 fully saturated rings. The molecule has 0 saturated carbocycles. The van der Waals surface area contributed by atoms with Gasteiger partial charge in [0.25, 0.3) is 6.16 Å². The highest BCUT2D eigenvalue weighted by molar-refractivity contribution is 5.87. The van der Waals surface area contributed by atoms with Crippen LogP contribution in [0.25, 0.3) is 0 Å². The first kappa shape index (κ1) is 16.8. The molecule has 0 spiro atoms. The average molecular weight is 339 g/mol. The number of hydrogen-bond donors (Lipinski definition) is 0. The Bertz CT molecular complexity index is 789. The number of rotatable bonds is 4. The Hall–Kier alpha value is -3.02. The summed E-state index contributed by atoms with van der Waals surface area (Å²) in [5, 5.41) is 14.3. The maximum atomic E-state index is 12.9. The van der Waals surface area contributed by atoms with Crippen LogP contribution in [-0.2, 0) is 11.3 Å². The number of amides is 1. The number of nitrogens with zero attached hydrogens (tertiary/aromatic N) is 2. The van der Waals surface area contributed by atoms with Crippen LogP contribution in [0, 0.1) is 5.41 Å². The first-order valence-corrected chi connectivity index (χ1v) is 8.00. The minimum Gasteiger partial charge on any atom is -0.514 e. The van der Waals surface area contributed by atoms with Gasteiger partial charge in [-0.25, -0.2) is 5.01 Å². The zero-order valence-electron chi connectivity index (χ0n) is 14.1. The second-order valence-corrected chi connectivity index (χ2v) is 6.60. The van der Waals surface area contributed by atoms with E-state index in [1.54, 1.807) is 29.3 Å². The Balaban J connectivity index is 1.94. The Morgan fingerprint density at radius 2 is 1.76 bits per heavy atom. The Morgan fingerprint density at radius 3 is 2.44 bits per heavy atom. The molecule has 3 rings (SSSR count). The summed E-state index contributed by atoms with van der Waals surface area (Å²) < 4.78 is 4.73. The van der Waals surface area contributed by atoms with E-state index in [-0.39, 0.29) is 18.2 Å². The molecule has 1 amide bonds. The molecule has 2 aromatic rings. The molecular weight excluding hydrogens is 320 g/mol. The summed E-state index contributed by atoms with van der Waals surface area (Å²) in [6.07, 6.45) is -1.62. The lowest BCUT2D eigenvalue weighted by atomic mass is 9.94. The number of anilines is 1. The van der Waals surface area contributed by atoms with Crippen LogP contribution in [0.5, 0.6) is 5.75 Å². The molecule has 0 radical (unpaired) electrons. The number of ether oxygens (including phenoxy) is 1. The molecule has 6 heteroatoms. The van der Waals surface area contributed by atoms with Crippen molar-refractivity contribution >= 4 is 17.7 Å². The molecule has 1 heterocycles. The van der Waals surface area contributed by atoms with Crippen molar-refractivity contribution in [2.45, 2.75) is 20.4 Å².